The molecule has 0 saturated carbocycles. The van der Waals surface area contributed by atoms with Crippen LogP contribution >= 0.6 is 0 Å². The molecule has 142 valence electrons. The number of halogens is 1. The predicted molar refractivity (Wildman–Crippen MR) is 97.2 cm³/mol. The second kappa shape index (κ2) is 8.35. The lowest BCUT2D eigenvalue weighted by Gasteiger charge is -2.31. The highest BCUT2D eigenvalue weighted by molar-refractivity contribution is 5.80. The van der Waals surface area contributed by atoms with Gasteiger partial charge in [0.15, 0.2) is 0 Å². The number of nitrogens with two attached hydrogens (primary N) is 1. The van der Waals surface area contributed by atoms with E-state index >= 15 is 0 Å². The summed E-state index contributed by atoms with van der Waals surface area (Å²) in [6.07, 6.45) is 1.49. The number of rotatable bonds is 4. The molecule has 0 bridgehead atoms. The lowest BCUT2D eigenvalue weighted by molar-refractivity contribution is -0.126. The smallest absolute Gasteiger partial charge is 0.314 e. The molecule has 1 aromatic rings. The van der Waals surface area contributed by atoms with Crippen molar-refractivity contribution in [3.63, 3.8) is 0 Å². The summed E-state index contributed by atoms with van der Waals surface area (Å²) in [5.41, 5.74) is 6.62. The number of amides is 3. The maximum absolute atomic E-state index is 14.4. The maximum Gasteiger partial charge on any atom is 0.314 e. The zero-order chi connectivity index (χ0) is 18.5. The van der Waals surface area contributed by atoms with Gasteiger partial charge in [0.2, 0.25) is 5.91 Å². The molecule has 2 saturated heterocycles. The summed E-state index contributed by atoms with van der Waals surface area (Å²) < 4.78 is 14.4. The Morgan fingerprint density at radius 2 is 2.04 bits per heavy atom. The Morgan fingerprint density at radius 3 is 2.73 bits per heavy atom. The van der Waals surface area contributed by atoms with E-state index in [2.05, 4.69) is 10.6 Å². The summed E-state index contributed by atoms with van der Waals surface area (Å²) in [7, 11) is 0. The van der Waals surface area contributed by atoms with Crippen molar-refractivity contribution < 1.29 is 14.0 Å². The van der Waals surface area contributed by atoms with Crippen LogP contribution in [-0.4, -0.2) is 56.1 Å². The molecule has 1 atom stereocenters. The van der Waals surface area contributed by atoms with Crippen molar-refractivity contribution in [1.29, 1.82) is 0 Å². The first kappa shape index (κ1) is 18.4. The van der Waals surface area contributed by atoms with Crippen LogP contribution in [0.3, 0.4) is 0 Å². The number of primary amides is 1. The molecule has 0 radical (unpaired) electrons. The number of hydrogen-bond acceptors (Lipinski definition) is 4. The van der Waals surface area contributed by atoms with E-state index in [1.54, 1.807) is 6.07 Å². The molecule has 0 unspecified atom stereocenters. The van der Waals surface area contributed by atoms with Gasteiger partial charge in [0, 0.05) is 45.8 Å². The average molecular weight is 363 g/mol. The maximum atomic E-state index is 14.4. The normalized spacial score (nSPS) is 20.7. The second-order valence-electron chi connectivity index (χ2n) is 6.86. The molecule has 26 heavy (non-hydrogen) atoms. The van der Waals surface area contributed by atoms with Crippen LogP contribution in [0.4, 0.5) is 14.9 Å². The number of likely N-dealkylation sites (tertiary alicyclic amines) is 1. The molecule has 1 aromatic carbocycles. The van der Waals surface area contributed by atoms with Crippen LogP contribution < -0.4 is 21.3 Å². The van der Waals surface area contributed by atoms with E-state index in [0.29, 0.717) is 18.8 Å². The van der Waals surface area contributed by atoms with E-state index in [9.17, 15) is 14.0 Å². The fourth-order valence-corrected chi connectivity index (χ4v) is 3.55. The standard InChI is InChI=1S/C18H26FN5O2/c19-15-10-13(3-4-16(15)23-8-5-21-6-9-23)11-22-17(25)14-2-1-7-24(12-14)18(20)26/h3-4,10,14,21H,1-2,5-9,11-12H2,(H2,20,26)(H,22,25)/t14-/m0/s1. The van der Waals surface area contributed by atoms with E-state index < -0.39 is 6.03 Å². The summed E-state index contributed by atoms with van der Waals surface area (Å²) in [4.78, 5) is 27.1. The Labute approximate surface area is 152 Å². The Morgan fingerprint density at radius 1 is 1.27 bits per heavy atom. The number of carbonyl (C=O) groups excluding carboxylic acids is 2. The number of benzene rings is 1. The van der Waals surface area contributed by atoms with Crippen molar-refractivity contribution in [2.45, 2.75) is 19.4 Å². The van der Waals surface area contributed by atoms with Gasteiger partial charge in [0.05, 0.1) is 11.6 Å². The molecule has 4 N–H and O–H groups in total. The summed E-state index contributed by atoms with van der Waals surface area (Å²) in [6.45, 7) is 4.47. The van der Waals surface area contributed by atoms with Crippen LogP contribution in [0.5, 0.6) is 0 Å². The van der Waals surface area contributed by atoms with Crippen LogP contribution in [0.25, 0.3) is 0 Å². The Balaban J connectivity index is 1.55. The third-order valence-corrected chi connectivity index (χ3v) is 5.04. The Bertz CT molecular complexity index is 663. The number of carbonyl (C=O) groups is 2. The third-order valence-electron chi connectivity index (χ3n) is 5.04. The number of nitrogens with one attached hydrogen (secondary N) is 2. The zero-order valence-electron chi connectivity index (χ0n) is 14.8. The molecule has 0 spiro atoms. The minimum atomic E-state index is -0.493. The molecule has 2 aliphatic heterocycles. The highest BCUT2D eigenvalue weighted by atomic mass is 19.1. The van der Waals surface area contributed by atoms with Crippen molar-refractivity contribution in [2.75, 3.05) is 44.2 Å². The third kappa shape index (κ3) is 4.43. The van der Waals surface area contributed by atoms with Crippen LogP contribution in [0.2, 0.25) is 0 Å². The van der Waals surface area contributed by atoms with Crippen LogP contribution in [-0.2, 0) is 11.3 Å². The van der Waals surface area contributed by atoms with E-state index in [1.807, 2.05) is 11.0 Å². The summed E-state index contributed by atoms with van der Waals surface area (Å²) in [6, 6.07) is 4.61. The number of urea groups is 1. The van der Waals surface area contributed by atoms with Gasteiger partial charge in [-0.15, -0.1) is 0 Å². The van der Waals surface area contributed by atoms with Gasteiger partial charge < -0.3 is 26.2 Å². The SMILES string of the molecule is NC(=O)N1CCC[C@H](C(=O)NCc2ccc(N3CCNCC3)c(F)c2)C1. The number of piperazine rings is 1. The number of anilines is 1. The fourth-order valence-electron chi connectivity index (χ4n) is 3.55. The summed E-state index contributed by atoms with van der Waals surface area (Å²) in [5, 5.41) is 6.09. The Kier molecular flexibility index (Phi) is 5.92. The second-order valence-corrected chi connectivity index (χ2v) is 6.86. The average Bonchev–Trinajstić information content (AvgIpc) is 2.67. The molecule has 7 nitrogen and oxygen atoms in total. The predicted octanol–water partition coefficient (Wildman–Crippen LogP) is 0.642. The van der Waals surface area contributed by atoms with Crippen LogP contribution in [0.15, 0.2) is 18.2 Å². The van der Waals surface area contributed by atoms with Gasteiger partial charge in [-0.25, -0.2) is 9.18 Å². The fraction of sp³-hybridized carbons (Fsp3) is 0.556. The van der Waals surface area contributed by atoms with Crippen molar-refractivity contribution >= 4 is 17.6 Å². The first-order chi connectivity index (χ1) is 12.5. The molecule has 2 fully saturated rings. The van der Waals surface area contributed by atoms with E-state index in [4.69, 9.17) is 5.73 Å². The summed E-state index contributed by atoms with van der Waals surface area (Å²) >= 11 is 0. The van der Waals surface area contributed by atoms with Gasteiger partial charge in [-0.3, -0.25) is 4.79 Å². The van der Waals surface area contributed by atoms with Crippen molar-refractivity contribution in [2.24, 2.45) is 11.7 Å². The molecular formula is C18H26FN5O2. The van der Waals surface area contributed by atoms with Crippen LogP contribution in [0, 0.1) is 11.7 Å². The molecule has 0 aliphatic carbocycles. The van der Waals surface area contributed by atoms with E-state index in [1.165, 1.54) is 11.0 Å². The van der Waals surface area contributed by atoms with E-state index in [0.717, 1.165) is 44.6 Å². The highest BCUT2D eigenvalue weighted by Crippen LogP contribution is 2.21. The Hall–Kier alpha value is -2.35. The van der Waals surface area contributed by atoms with Gasteiger partial charge in [-0.05, 0) is 30.5 Å². The number of nitrogens with zero attached hydrogens (tertiary/aromatic N) is 2. The molecule has 2 aliphatic rings. The van der Waals surface area contributed by atoms with Crippen molar-refractivity contribution in [3.8, 4) is 0 Å². The molecular weight excluding hydrogens is 337 g/mol. The lowest BCUT2D eigenvalue weighted by atomic mass is 9.97. The molecule has 3 rings (SSSR count). The van der Waals surface area contributed by atoms with Crippen LogP contribution in [0.1, 0.15) is 18.4 Å². The summed E-state index contributed by atoms with van der Waals surface area (Å²) in [5.74, 6) is -0.653. The minimum Gasteiger partial charge on any atom is -0.367 e. The molecule has 2 heterocycles. The monoisotopic (exact) mass is 363 g/mol. The van der Waals surface area contributed by atoms with Gasteiger partial charge in [-0.1, -0.05) is 6.07 Å². The van der Waals surface area contributed by atoms with Gasteiger partial charge in [0.1, 0.15) is 5.82 Å². The highest BCUT2D eigenvalue weighted by Gasteiger charge is 2.27. The molecule has 3 amide bonds. The minimum absolute atomic E-state index is 0.123. The number of piperidine rings is 1. The first-order valence-corrected chi connectivity index (χ1v) is 9.11. The van der Waals surface area contributed by atoms with Gasteiger partial charge in [0.25, 0.3) is 0 Å². The largest absolute Gasteiger partial charge is 0.367 e. The van der Waals surface area contributed by atoms with E-state index in [-0.39, 0.29) is 24.2 Å². The first-order valence-electron chi connectivity index (χ1n) is 9.11. The number of hydrogen-bond donors (Lipinski definition) is 3. The van der Waals surface area contributed by atoms with Crippen molar-refractivity contribution in [3.05, 3.63) is 29.6 Å². The zero-order valence-corrected chi connectivity index (χ0v) is 14.8. The van der Waals surface area contributed by atoms with Gasteiger partial charge >= 0.3 is 6.03 Å². The lowest BCUT2D eigenvalue weighted by Crippen LogP contribution is -2.47. The molecule has 0 aromatic heterocycles. The topological polar surface area (TPSA) is 90.7 Å². The molecule has 8 heteroatoms. The van der Waals surface area contributed by atoms with Gasteiger partial charge in [-0.2, -0.15) is 0 Å². The quantitative estimate of drug-likeness (QED) is 0.732. The van der Waals surface area contributed by atoms with Crippen molar-refractivity contribution in [1.82, 2.24) is 15.5 Å².